The number of amides is 2. The van der Waals surface area contributed by atoms with Gasteiger partial charge in [-0.2, -0.15) is 0 Å². The van der Waals surface area contributed by atoms with Crippen LogP contribution in [-0.2, 0) is 29.7 Å². The van der Waals surface area contributed by atoms with Crippen molar-refractivity contribution in [3.8, 4) is 0 Å². The summed E-state index contributed by atoms with van der Waals surface area (Å²) in [6.07, 6.45) is 2.56. The minimum absolute atomic E-state index is 0.104. The van der Waals surface area contributed by atoms with Gasteiger partial charge in [0.1, 0.15) is 17.9 Å². The number of hydrogen-bond acceptors (Lipinski definition) is 4. The van der Waals surface area contributed by atoms with Crippen molar-refractivity contribution >= 4 is 22.8 Å². The van der Waals surface area contributed by atoms with Gasteiger partial charge in [-0.3, -0.25) is 9.59 Å². The molecule has 0 saturated carbocycles. The molecule has 4 aromatic rings. The Bertz CT molecular complexity index is 1360. The molecule has 0 aliphatic carbocycles. The zero-order chi connectivity index (χ0) is 25.9. The predicted octanol–water partition coefficient (Wildman–Crippen LogP) is 3.98. The average Bonchev–Trinajstić information content (AvgIpc) is 3.46. The van der Waals surface area contributed by atoms with Gasteiger partial charge in [-0.05, 0) is 62.2 Å². The molecule has 1 unspecified atom stereocenters. The fraction of sp³-hybridized carbons (Fsp3) is 0.333. The fourth-order valence-corrected chi connectivity index (χ4v) is 4.05. The lowest BCUT2D eigenvalue weighted by Gasteiger charge is -2.34. The van der Waals surface area contributed by atoms with E-state index in [0.717, 1.165) is 11.9 Å². The molecule has 188 valence electrons. The van der Waals surface area contributed by atoms with Crippen LogP contribution >= 0.6 is 0 Å². The highest BCUT2D eigenvalue weighted by Gasteiger charge is 2.35. The summed E-state index contributed by atoms with van der Waals surface area (Å²) in [4.78, 5) is 29.2. The number of para-hydroxylation sites is 1. The molecule has 9 heteroatoms. The number of nitrogens with one attached hydrogen (secondary N) is 1. The average molecular weight is 491 g/mol. The van der Waals surface area contributed by atoms with E-state index in [0.29, 0.717) is 16.8 Å². The van der Waals surface area contributed by atoms with Gasteiger partial charge in [0.25, 0.3) is 0 Å². The van der Waals surface area contributed by atoms with Crippen LogP contribution in [-0.4, -0.2) is 41.8 Å². The van der Waals surface area contributed by atoms with Crippen LogP contribution in [0.3, 0.4) is 0 Å². The SMILES string of the molecule is CCC(C)(C)NC(=O)C(c1cccn1C)N(Cc1ccc(F)cc1)C(=O)Cn1nnc2ccccc21. The Balaban J connectivity index is 1.75. The van der Waals surface area contributed by atoms with E-state index in [1.165, 1.54) is 21.7 Å². The first-order valence-corrected chi connectivity index (χ1v) is 11.9. The molecule has 0 aliphatic rings. The summed E-state index contributed by atoms with van der Waals surface area (Å²) in [6.45, 7) is 5.89. The van der Waals surface area contributed by atoms with Gasteiger partial charge in [0.2, 0.25) is 11.8 Å². The molecule has 2 amide bonds. The van der Waals surface area contributed by atoms with Crippen molar-refractivity contribution in [1.29, 1.82) is 0 Å². The van der Waals surface area contributed by atoms with Crippen molar-refractivity contribution in [2.24, 2.45) is 7.05 Å². The van der Waals surface area contributed by atoms with E-state index in [-0.39, 0.29) is 30.7 Å². The summed E-state index contributed by atoms with van der Waals surface area (Å²) in [5.74, 6) is -0.972. The van der Waals surface area contributed by atoms with Crippen LogP contribution in [0.25, 0.3) is 11.0 Å². The van der Waals surface area contributed by atoms with E-state index in [2.05, 4.69) is 15.6 Å². The van der Waals surface area contributed by atoms with Crippen LogP contribution in [0, 0.1) is 5.82 Å². The van der Waals surface area contributed by atoms with E-state index in [1.807, 2.05) is 75.0 Å². The van der Waals surface area contributed by atoms with Crippen LogP contribution in [0.15, 0.2) is 66.9 Å². The molecule has 8 nitrogen and oxygen atoms in total. The molecule has 0 aliphatic heterocycles. The van der Waals surface area contributed by atoms with Crippen LogP contribution < -0.4 is 5.32 Å². The first kappa shape index (κ1) is 25.1. The number of benzene rings is 2. The number of carbonyl (C=O) groups is 2. The zero-order valence-electron chi connectivity index (χ0n) is 21.0. The number of carbonyl (C=O) groups excluding carboxylic acids is 2. The number of hydrogen-bond donors (Lipinski definition) is 1. The number of aryl methyl sites for hydroxylation is 1. The van der Waals surface area contributed by atoms with Crippen LogP contribution in [0.5, 0.6) is 0 Å². The number of halogens is 1. The van der Waals surface area contributed by atoms with E-state index in [9.17, 15) is 14.0 Å². The molecule has 36 heavy (non-hydrogen) atoms. The largest absolute Gasteiger partial charge is 0.352 e. The molecule has 2 heterocycles. The van der Waals surface area contributed by atoms with Gasteiger partial charge < -0.3 is 14.8 Å². The summed E-state index contributed by atoms with van der Waals surface area (Å²) in [5, 5.41) is 11.4. The smallest absolute Gasteiger partial charge is 0.249 e. The zero-order valence-corrected chi connectivity index (χ0v) is 21.0. The second-order valence-corrected chi connectivity index (χ2v) is 9.56. The normalized spacial score (nSPS) is 12.5. The molecule has 0 saturated heterocycles. The Morgan fingerprint density at radius 3 is 2.47 bits per heavy atom. The molecule has 0 radical (unpaired) electrons. The van der Waals surface area contributed by atoms with Crippen molar-refractivity contribution in [2.45, 2.75) is 51.9 Å². The minimum atomic E-state index is -0.914. The lowest BCUT2D eigenvalue weighted by Crippen LogP contribution is -2.51. The number of rotatable bonds is 9. The molecular formula is C27H31FN6O2. The highest BCUT2D eigenvalue weighted by atomic mass is 19.1. The Hall–Kier alpha value is -4.01. The molecule has 0 spiro atoms. The maximum atomic E-state index is 13.9. The van der Waals surface area contributed by atoms with Gasteiger partial charge in [-0.1, -0.05) is 36.4 Å². The second-order valence-electron chi connectivity index (χ2n) is 9.56. The van der Waals surface area contributed by atoms with Crippen molar-refractivity contribution in [1.82, 2.24) is 29.8 Å². The van der Waals surface area contributed by atoms with E-state index in [1.54, 1.807) is 12.1 Å². The van der Waals surface area contributed by atoms with Crippen molar-refractivity contribution in [3.05, 3.63) is 83.9 Å². The highest BCUT2D eigenvalue weighted by Crippen LogP contribution is 2.26. The van der Waals surface area contributed by atoms with Gasteiger partial charge in [0.05, 0.1) is 5.52 Å². The van der Waals surface area contributed by atoms with E-state index in [4.69, 9.17) is 0 Å². The molecule has 1 atom stereocenters. The minimum Gasteiger partial charge on any atom is -0.352 e. The highest BCUT2D eigenvalue weighted by molar-refractivity contribution is 5.89. The van der Waals surface area contributed by atoms with E-state index >= 15 is 0 Å². The Morgan fingerprint density at radius 2 is 1.81 bits per heavy atom. The monoisotopic (exact) mass is 490 g/mol. The molecule has 0 bridgehead atoms. The maximum Gasteiger partial charge on any atom is 0.249 e. The van der Waals surface area contributed by atoms with Gasteiger partial charge in [-0.25, -0.2) is 9.07 Å². The van der Waals surface area contributed by atoms with E-state index < -0.39 is 11.6 Å². The molecule has 4 rings (SSSR count). The Morgan fingerprint density at radius 1 is 1.08 bits per heavy atom. The van der Waals surface area contributed by atoms with Gasteiger partial charge in [0.15, 0.2) is 6.04 Å². The van der Waals surface area contributed by atoms with Crippen molar-refractivity contribution in [2.75, 3.05) is 0 Å². The van der Waals surface area contributed by atoms with Gasteiger partial charge in [0, 0.05) is 31.0 Å². The predicted molar refractivity (Wildman–Crippen MR) is 135 cm³/mol. The fourth-order valence-electron chi connectivity index (χ4n) is 4.05. The molecular weight excluding hydrogens is 459 g/mol. The Kier molecular flexibility index (Phi) is 7.19. The van der Waals surface area contributed by atoms with Crippen molar-refractivity contribution < 1.29 is 14.0 Å². The van der Waals surface area contributed by atoms with Gasteiger partial charge in [-0.15, -0.1) is 5.10 Å². The van der Waals surface area contributed by atoms with Crippen LogP contribution in [0.2, 0.25) is 0 Å². The summed E-state index contributed by atoms with van der Waals surface area (Å²) < 4.78 is 17.0. The second kappa shape index (κ2) is 10.3. The maximum absolute atomic E-state index is 13.9. The third kappa shape index (κ3) is 5.45. The molecule has 0 fully saturated rings. The number of fused-ring (bicyclic) bond motifs is 1. The number of nitrogens with zero attached hydrogens (tertiary/aromatic N) is 5. The standard InChI is InChI=1S/C27H31FN6O2/c1-5-27(2,3)29-26(36)25(23-11-8-16-32(23)4)33(17-19-12-14-20(28)15-13-19)24(35)18-34-22-10-7-6-9-21(22)30-31-34/h6-16,25H,5,17-18H2,1-4H3,(H,29,36). The first-order chi connectivity index (χ1) is 17.2. The topological polar surface area (TPSA) is 85.0 Å². The third-order valence-corrected chi connectivity index (χ3v) is 6.46. The lowest BCUT2D eigenvalue weighted by atomic mass is 10.00. The van der Waals surface area contributed by atoms with Crippen LogP contribution in [0.1, 0.15) is 44.5 Å². The summed E-state index contributed by atoms with van der Waals surface area (Å²) in [5.41, 5.74) is 2.30. The lowest BCUT2D eigenvalue weighted by molar-refractivity contribution is -0.143. The van der Waals surface area contributed by atoms with Crippen LogP contribution in [0.4, 0.5) is 4.39 Å². The summed E-state index contributed by atoms with van der Waals surface area (Å²) in [7, 11) is 1.84. The van der Waals surface area contributed by atoms with Crippen molar-refractivity contribution in [3.63, 3.8) is 0 Å². The number of aromatic nitrogens is 4. The Labute approximate surface area is 209 Å². The molecule has 1 N–H and O–H groups in total. The first-order valence-electron chi connectivity index (χ1n) is 11.9. The molecule has 2 aromatic heterocycles. The third-order valence-electron chi connectivity index (χ3n) is 6.46. The summed E-state index contributed by atoms with van der Waals surface area (Å²) in [6, 6.07) is 16.1. The molecule has 2 aromatic carbocycles. The summed E-state index contributed by atoms with van der Waals surface area (Å²) >= 11 is 0. The van der Waals surface area contributed by atoms with Gasteiger partial charge >= 0.3 is 0 Å². The quantitative estimate of drug-likeness (QED) is 0.385.